The Morgan fingerprint density at radius 2 is 1.67 bits per heavy atom. The number of nitrogens with one attached hydrogen (secondary N) is 3. The molecule has 0 saturated carbocycles. The van der Waals surface area contributed by atoms with E-state index in [1.54, 1.807) is 31.1 Å². The van der Waals surface area contributed by atoms with Crippen LogP contribution in [0, 0.1) is 11.3 Å². The van der Waals surface area contributed by atoms with Gasteiger partial charge in [-0.15, -0.1) is 0 Å². The number of hydrogen-bond donors (Lipinski definition) is 3. The molecule has 1 aromatic heterocycles. The molecule has 3 amide bonds. The molecule has 42 heavy (non-hydrogen) atoms. The summed E-state index contributed by atoms with van der Waals surface area (Å²) < 4.78 is 7.02. The second-order valence-corrected chi connectivity index (χ2v) is 10.9. The number of carbonyl (C=O) groups is 3. The molecule has 2 aliphatic heterocycles. The Balaban J connectivity index is 1.47. The van der Waals surface area contributed by atoms with Gasteiger partial charge in [0.15, 0.2) is 5.82 Å². The van der Waals surface area contributed by atoms with Crippen LogP contribution in [-0.4, -0.2) is 65.6 Å². The van der Waals surface area contributed by atoms with E-state index in [-0.39, 0.29) is 24.3 Å². The zero-order chi connectivity index (χ0) is 29.6. The molecule has 3 heterocycles. The fourth-order valence-corrected chi connectivity index (χ4v) is 6.78. The van der Waals surface area contributed by atoms with E-state index in [1.807, 2.05) is 24.3 Å². The molecular weight excluding hydrogens is 538 g/mol. The summed E-state index contributed by atoms with van der Waals surface area (Å²) in [5, 5.41) is 18.0. The fraction of sp³-hybridized carbons (Fsp3) is 0.400. The summed E-state index contributed by atoms with van der Waals surface area (Å²) in [5.41, 5.74) is 3.66. The number of nitrogens with zero attached hydrogens (tertiary/aromatic N) is 4. The van der Waals surface area contributed by atoms with Crippen molar-refractivity contribution in [2.24, 2.45) is 0 Å². The van der Waals surface area contributed by atoms with Gasteiger partial charge < -0.3 is 20.1 Å². The van der Waals surface area contributed by atoms with Gasteiger partial charge in [-0.1, -0.05) is 12.1 Å². The molecule has 3 aliphatic rings. The van der Waals surface area contributed by atoms with E-state index < -0.39 is 23.4 Å². The minimum Gasteiger partial charge on any atom is -0.355 e. The maximum atomic E-state index is 13.1. The second kappa shape index (κ2) is 10.6. The fourth-order valence-electron chi connectivity index (χ4n) is 6.78. The predicted molar refractivity (Wildman–Crippen MR) is 150 cm³/mol. The van der Waals surface area contributed by atoms with Crippen molar-refractivity contribution in [3.63, 3.8) is 0 Å². The molecule has 1 spiro atoms. The summed E-state index contributed by atoms with van der Waals surface area (Å²) >= 11 is 0. The van der Waals surface area contributed by atoms with Crippen molar-refractivity contribution in [2.75, 3.05) is 27.2 Å². The number of rotatable bonds is 5. The standard InChI is InChI=1S/C30H31N7O5/c1-32-26(39)19-7-9-22-17(12-19)5-6-18-13-20(27(40)33-2)8-10-23(18)30(22)14-24(37-28(30)35-29(41)42-37)34-16-25(38)36-11-3-4-21(36)15-31/h7-10,12-13,21,24,34H,3-6,11,14,16H2,1-2H3,(H,32,39)(H,33,40)/t21?,24-/m0/s1. The maximum absolute atomic E-state index is 13.1. The molecule has 1 saturated heterocycles. The lowest BCUT2D eigenvalue weighted by molar-refractivity contribution is -0.130. The minimum atomic E-state index is -0.959. The van der Waals surface area contributed by atoms with Crippen LogP contribution in [0.3, 0.4) is 0 Å². The highest BCUT2D eigenvalue weighted by Crippen LogP contribution is 2.52. The highest BCUT2D eigenvalue weighted by Gasteiger charge is 2.53. The number of amides is 3. The first kappa shape index (κ1) is 27.4. The summed E-state index contributed by atoms with van der Waals surface area (Å²) in [6, 6.07) is 12.8. The average Bonchev–Trinajstić information content (AvgIpc) is 3.70. The third-order valence-electron chi connectivity index (χ3n) is 8.73. The van der Waals surface area contributed by atoms with E-state index in [2.05, 4.69) is 27.0 Å². The van der Waals surface area contributed by atoms with Crippen LogP contribution in [-0.2, 0) is 23.1 Å². The highest BCUT2D eigenvalue weighted by molar-refractivity contribution is 5.95. The molecule has 1 fully saturated rings. The van der Waals surface area contributed by atoms with Crippen molar-refractivity contribution in [2.45, 2.75) is 49.7 Å². The number of nitriles is 1. The van der Waals surface area contributed by atoms with Crippen molar-refractivity contribution >= 4 is 17.7 Å². The Bertz CT molecular complexity index is 1630. The molecule has 2 atom stereocenters. The molecule has 12 nitrogen and oxygen atoms in total. The Labute approximate surface area is 241 Å². The minimum absolute atomic E-state index is 0.0504. The van der Waals surface area contributed by atoms with Gasteiger partial charge in [-0.05, 0) is 72.2 Å². The zero-order valence-corrected chi connectivity index (χ0v) is 23.4. The largest absolute Gasteiger partial charge is 0.460 e. The topological polar surface area (TPSA) is 162 Å². The lowest BCUT2D eigenvalue weighted by Crippen LogP contribution is -2.42. The van der Waals surface area contributed by atoms with Crippen LogP contribution in [0.25, 0.3) is 0 Å². The summed E-state index contributed by atoms with van der Waals surface area (Å²) in [5.74, 6) is -0.996. The number of aryl methyl sites for hydroxylation is 2. The zero-order valence-electron chi connectivity index (χ0n) is 23.4. The van der Waals surface area contributed by atoms with Crippen LogP contribution in [0.4, 0.5) is 0 Å². The van der Waals surface area contributed by atoms with E-state index in [1.165, 1.54) is 4.74 Å². The first-order chi connectivity index (χ1) is 20.3. The molecular formula is C30H31N7O5. The van der Waals surface area contributed by atoms with Crippen LogP contribution in [0.1, 0.15) is 74.2 Å². The maximum Gasteiger partial charge on any atom is 0.460 e. The van der Waals surface area contributed by atoms with Crippen molar-refractivity contribution in [1.29, 1.82) is 5.26 Å². The molecule has 3 aromatic rings. The summed E-state index contributed by atoms with van der Waals surface area (Å²) in [6.07, 6.45) is 2.38. The lowest BCUT2D eigenvalue weighted by Gasteiger charge is -2.31. The smallest absolute Gasteiger partial charge is 0.355 e. The van der Waals surface area contributed by atoms with Gasteiger partial charge in [-0.25, -0.2) is 4.79 Å². The second-order valence-electron chi connectivity index (χ2n) is 10.9. The van der Waals surface area contributed by atoms with Gasteiger partial charge in [0.2, 0.25) is 5.91 Å². The summed E-state index contributed by atoms with van der Waals surface area (Å²) in [6.45, 7) is 0.478. The van der Waals surface area contributed by atoms with Crippen molar-refractivity contribution in [1.82, 2.24) is 30.6 Å². The number of carbonyl (C=O) groups excluding carboxylic acids is 3. The lowest BCUT2D eigenvalue weighted by atomic mass is 9.70. The Morgan fingerprint density at radius 3 is 2.24 bits per heavy atom. The summed E-state index contributed by atoms with van der Waals surface area (Å²) in [4.78, 5) is 56.7. The first-order valence-corrected chi connectivity index (χ1v) is 14.0. The Hall–Kier alpha value is -4.76. The van der Waals surface area contributed by atoms with Gasteiger partial charge in [-0.2, -0.15) is 15.0 Å². The number of hydrogen-bond acceptors (Lipinski definition) is 8. The predicted octanol–water partition coefficient (Wildman–Crippen LogP) is 0.995. The van der Waals surface area contributed by atoms with E-state index in [0.717, 1.165) is 28.7 Å². The van der Waals surface area contributed by atoms with Gasteiger partial charge in [0, 0.05) is 38.2 Å². The molecule has 2 aromatic carbocycles. The molecule has 12 heteroatoms. The average molecular weight is 570 g/mol. The molecule has 0 radical (unpaired) electrons. The van der Waals surface area contributed by atoms with Crippen LogP contribution < -0.4 is 21.7 Å². The van der Waals surface area contributed by atoms with Crippen molar-refractivity contribution in [3.05, 3.63) is 86.2 Å². The molecule has 216 valence electrons. The van der Waals surface area contributed by atoms with Gasteiger partial charge in [-0.3, -0.25) is 19.7 Å². The monoisotopic (exact) mass is 569 g/mol. The molecule has 6 rings (SSSR count). The SMILES string of the molecule is CNC(=O)c1ccc2c(c1)CCc1cc(C(=O)NC)ccc1C21C[C@@H](NCC(=O)N2CCCC2C#N)n2oc(=O)nc21. The van der Waals surface area contributed by atoms with E-state index in [4.69, 9.17) is 4.52 Å². The normalized spacial score (nSPS) is 19.8. The van der Waals surface area contributed by atoms with Gasteiger partial charge in [0.1, 0.15) is 12.2 Å². The van der Waals surface area contributed by atoms with Crippen LogP contribution in [0.2, 0.25) is 0 Å². The van der Waals surface area contributed by atoms with Crippen molar-refractivity contribution < 1.29 is 18.9 Å². The van der Waals surface area contributed by atoms with Crippen LogP contribution >= 0.6 is 0 Å². The van der Waals surface area contributed by atoms with Crippen LogP contribution in [0.5, 0.6) is 0 Å². The molecule has 0 bridgehead atoms. The first-order valence-electron chi connectivity index (χ1n) is 14.0. The van der Waals surface area contributed by atoms with Crippen molar-refractivity contribution in [3.8, 4) is 6.07 Å². The number of fused-ring (bicyclic) bond motifs is 6. The Morgan fingerprint density at radius 1 is 1.05 bits per heavy atom. The van der Waals surface area contributed by atoms with Crippen LogP contribution in [0.15, 0.2) is 45.7 Å². The molecule has 3 N–H and O–H groups in total. The summed E-state index contributed by atoms with van der Waals surface area (Å²) in [7, 11) is 3.16. The third-order valence-corrected chi connectivity index (χ3v) is 8.73. The Kier molecular flexibility index (Phi) is 6.90. The molecule has 1 unspecified atom stereocenters. The highest BCUT2D eigenvalue weighted by atomic mass is 16.5. The van der Waals surface area contributed by atoms with Gasteiger partial charge in [0.05, 0.1) is 18.0 Å². The van der Waals surface area contributed by atoms with Gasteiger partial charge in [0.25, 0.3) is 11.8 Å². The quantitative estimate of drug-likeness (QED) is 0.410. The molecule has 1 aliphatic carbocycles. The van der Waals surface area contributed by atoms with E-state index >= 15 is 0 Å². The van der Waals surface area contributed by atoms with Gasteiger partial charge >= 0.3 is 5.76 Å². The van der Waals surface area contributed by atoms with E-state index in [9.17, 15) is 24.4 Å². The number of likely N-dealkylation sites (tertiary alicyclic amines) is 1. The third kappa shape index (κ3) is 4.28. The number of benzene rings is 2. The number of aromatic nitrogens is 2. The van der Waals surface area contributed by atoms with E-state index in [0.29, 0.717) is 49.2 Å².